The van der Waals surface area contributed by atoms with Gasteiger partial charge in [0.05, 0.1) is 13.0 Å². The predicted octanol–water partition coefficient (Wildman–Crippen LogP) is 3.53. The molecule has 1 fully saturated rings. The van der Waals surface area contributed by atoms with Crippen molar-refractivity contribution in [1.82, 2.24) is 10.3 Å². The fourth-order valence-electron chi connectivity index (χ4n) is 2.70. The highest BCUT2D eigenvalue weighted by molar-refractivity contribution is 5.83. The molecule has 1 aromatic heterocycles. The molecule has 1 aromatic carbocycles. The van der Waals surface area contributed by atoms with Gasteiger partial charge in [-0.2, -0.15) is 0 Å². The number of carbonyl (C=O) groups excluding carboxylic acids is 1. The normalized spacial score (nSPS) is 15.0. The number of amides is 1. The van der Waals surface area contributed by atoms with Crippen LogP contribution in [0, 0.1) is 5.82 Å². The van der Waals surface area contributed by atoms with E-state index < -0.39 is 0 Å². The number of pyridine rings is 1. The summed E-state index contributed by atoms with van der Waals surface area (Å²) >= 11 is 0. The average Bonchev–Trinajstić information content (AvgIpc) is 3.44. The molecule has 1 heterocycles. The van der Waals surface area contributed by atoms with Crippen molar-refractivity contribution in [3.63, 3.8) is 0 Å². The minimum absolute atomic E-state index is 0.111. The molecule has 24 heavy (non-hydrogen) atoms. The summed E-state index contributed by atoms with van der Waals surface area (Å²) in [6.45, 7) is 2.17. The molecular formula is C19H21FN2O2. The molecule has 3 rings (SSSR count). The maximum absolute atomic E-state index is 13.0. The first-order valence-corrected chi connectivity index (χ1v) is 8.14. The topological polar surface area (TPSA) is 51.2 Å². The van der Waals surface area contributed by atoms with Crippen LogP contribution in [-0.2, 0) is 11.3 Å². The van der Waals surface area contributed by atoms with Crippen LogP contribution in [0.2, 0.25) is 0 Å². The van der Waals surface area contributed by atoms with E-state index in [1.807, 2.05) is 6.20 Å². The number of rotatable bonds is 6. The average molecular weight is 328 g/mol. The van der Waals surface area contributed by atoms with E-state index in [9.17, 15) is 9.18 Å². The van der Waals surface area contributed by atoms with Gasteiger partial charge in [0.1, 0.15) is 5.82 Å². The van der Waals surface area contributed by atoms with Crippen molar-refractivity contribution >= 4 is 5.91 Å². The van der Waals surface area contributed by atoms with Crippen molar-refractivity contribution in [2.45, 2.75) is 38.1 Å². The van der Waals surface area contributed by atoms with Gasteiger partial charge in [-0.1, -0.05) is 12.1 Å². The first-order chi connectivity index (χ1) is 11.6. The quantitative estimate of drug-likeness (QED) is 0.882. The Kier molecular flexibility index (Phi) is 4.79. The number of hydrogen-bond acceptors (Lipinski definition) is 3. The third kappa shape index (κ3) is 3.72. The number of hydrogen-bond donors (Lipinski definition) is 1. The van der Waals surface area contributed by atoms with E-state index in [1.165, 1.54) is 30.5 Å². The second-order valence-corrected chi connectivity index (χ2v) is 6.20. The lowest BCUT2D eigenvalue weighted by atomic mass is 10.0. The monoisotopic (exact) mass is 328 g/mol. The first-order valence-electron chi connectivity index (χ1n) is 8.14. The lowest BCUT2D eigenvalue weighted by Crippen LogP contribution is -2.27. The molecule has 0 spiro atoms. The summed E-state index contributed by atoms with van der Waals surface area (Å²) in [5.74, 6) is 0.362. The molecule has 5 heteroatoms. The van der Waals surface area contributed by atoms with Gasteiger partial charge in [0.15, 0.2) is 0 Å². The Bertz CT molecular complexity index is 727. The largest absolute Gasteiger partial charge is 0.481 e. The fourth-order valence-corrected chi connectivity index (χ4v) is 2.70. The van der Waals surface area contributed by atoms with Gasteiger partial charge in [-0.25, -0.2) is 9.37 Å². The van der Waals surface area contributed by atoms with Gasteiger partial charge >= 0.3 is 0 Å². The number of carbonyl (C=O) groups is 1. The van der Waals surface area contributed by atoms with Gasteiger partial charge in [-0.3, -0.25) is 4.79 Å². The van der Waals surface area contributed by atoms with E-state index in [2.05, 4.69) is 16.4 Å². The maximum atomic E-state index is 13.0. The van der Waals surface area contributed by atoms with E-state index in [4.69, 9.17) is 4.74 Å². The Morgan fingerprint density at radius 3 is 2.71 bits per heavy atom. The molecule has 0 unspecified atom stereocenters. The highest BCUT2D eigenvalue weighted by Gasteiger charge is 2.25. The Morgan fingerprint density at radius 1 is 1.38 bits per heavy atom. The highest BCUT2D eigenvalue weighted by Crippen LogP contribution is 2.40. The first kappa shape index (κ1) is 16.4. The van der Waals surface area contributed by atoms with Crippen LogP contribution in [0.1, 0.15) is 48.3 Å². The Morgan fingerprint density at radius 2 is 2.08 bits per heavy atom. The Hall–Kier alpha value is -2.43. The van der Waals surface area contributed by atoms with Crippen molar-refractivity contribution in [2.75, 3.05) is 7.11 Å². The molecule has 0 saturated heterocycles. The molecule has 1 N–H and O–H groups in total. The van der Waals surface area contributed by atoms with Crippen LogP contribution in [0.4, 0.5) is 4.39 Å². The summed E-state index contributed by atoms with van der Waals surface area (Å²) in [4.78, 5) is 16.7. The molecule has 1 amide bonds. The van der Waals surface area contributed by atoms with Crippen LogP contribution >= 0.6 is 0 Å². The summed E-state index contributed by atoms with van der Waals surface area (Å²) in [5.41, 5.74) is 2.86. The molecule has 1 aliphatic rings. The molecule has 4 nitrogen and oxygen atoms in total. The number of ether oxygens (including phenoxy) is 1. The predicted molar refractivity (Wildman–Crippen MR) is 89.4 cm³/mol. The zero-order chi connectivity index (χ0) is 17.1. The Labute approximate surface area is 141 Å². The van der Waals surface area contributed by atoms with Crippen molar-refractivity contribution in [3.8, 4) is 5.88 Å². The summed E-state index contributed by atoms with van der Waals surface area (Å²) in [6, 6.07) is 8.06. The van der Waals surface area contributed by atoms with Crippen LogP contribution in [0.5, 0.6) is 5.88 Å². The van der Waals surface area contributed by atoms with Crippen molar-refractivity contribution in [2.24, 2.45) is 0 Å². The molecule has 126 valence electrons. The van der Waals surface area contributed by atoms with Gasteiger partial charge in [0.2, 0.25) is 11.8 Å². The van der Waals surface area contributed by atoms with E-state index in [1.54, 1.807) is 26.2 Å². The van der Waals surface area contributed by atoms with Gasteiger partial charge in [0.25, 0.3) is 0 Å². The van der Waals surface area contributed by atoms with E-state index in [0.29, 0.717) is 18.3 Å². The number of aromatic nitrogens is 1. The van der Waals surface area contributed by atoms with Crippen LogP contribution in [0.3, 0.4) is 0 Å². The maximum Gasteiger partial charge on any atom is 0.227 e. The number of methoxy groups -OCH3 is 1. The Balaban J connectivity index is 1.67. The summed E-state index contributed by atoms with van der Waals surface area (Å²) in [5, 5.41) is 2.92. The van der Waals surface area contributed by atoms with E-state index in [-0.39, 0.29) is 17.6 Å². The molecule has 1 atom stereocenters. The lowest BCUT2D eigenvalue weighted by molar-refractivity contribution is -0.122. The molecule has 2 aromatic rings. The van der Waals surface area contributed by atoms with Gasteiger partial charge < -0.3 is 10.1 Å². The number of benzene rings is 1. The summed E-state index contributed by atoms with van der Waals surface area (Å²) in [7, 11) is 1.57. The number of nitrogens with one attached hydrogen (secondary N) is 1. The van der Waals surface area contributed by atoms with Crippen molar-refractivity contribution < 1.29 is 13.9 Å². The number of halogens is 1. The summed E-state index contributed by atoms with van der Waals surface area (Å²) in [6.07, 6.45) is 4.24. The second kappa shape index (κ2) is 6.99. The van der Waals surface area contributed by atoms with Crippen LogP contribution in [0.15, 0.2) is 36.5 Å². The van der Waals surface area contributed by atoms with Crippen LogP contribution in [0.25, 0.3) is 0 Å². The summed E-state index contributed by atoms with van der Waals surface area (Å²) < 4.78 is 18.3. The molecule has 0 aliphatic heterocycles. The van der Waals surface area contributed by atoms with Gasteiger partial charge in [-0.05, 0) is 55.0 Å². The fraction of sp³-hybridized carbons (Fsp3) is 0.368. The second-order valence-electron chi connectivity index (χ2n) is 6.20. The minimum atomic E-state index is -0.351. The lowest BCUT2D eigenvalue weighted by Gasteiger charge is -2.14. The minimum Gasteiger partial charge on any atom is -0.481 e. The third-order valence-electron chi connectivity index (χ3n) is 4.40. The van der Waals surface area contributed by atoms with Crippen molar-refractivity contribution in [1.29, 1.82) is 0 Å². The molecule has 1 saturated carbocycles. The van der Waals surface area contributed by atoms with Crippen LogP contribution in [-0.4, -0.2) is 18.0 Å². The molecule has 1 aliphatic carbocycles. The van der Waals surface area contributed by atoms with E-state index in [0.717, 1.165) is 11.1 Å². The number of nitrogens with zero attached hydrogens (tertiary/aromatic N) is 1. The SMILES string of the molecule is COc1ncc(C2CC2)cc1CNC(=O)[C@@H](C)c1ccc(F)cc1. The standard InChI is InChI=1S/C19H21FN2O2/c1-12(13-5-7-17(20)8-6-13)18(23)21-11-16-9-15(14-3-4-14)10-22-19(16)24-2/h5-10,12,14H,3-4,11H2,1-2H3,(H,21,23)/t12-/m0/s1. The molecule has 0 bridgehead atoms. The third-order valence-corrected chi connectivity index (χ3v) is 4.40. The van der Waals surface area contributed by atoms with Gasteiger partial charge in [-0.15, -0.1) is 0 Å². The van der Waals surface area contributed by atoms with Crippen LogP contribution < -0.4 is 10.1 Å². The molecule has 0 radical (unpaired) electrons. The van der Waals surface area contributed by atoms with E-state index >= 15 is 0 Å². The van der Waals surface area contributed by atoms with Gasteiger partial charge in [0, 0.05) is 18.3 Å². The zero-order valence-electron chi connectivity index (χ0n) is 13.9. The smallest absolute Gasteiger partial charge is 0.227 e. The molecular weight excluding hydrogens is 307 g/mol. The highest BCUT2D eigenvalue weighted by atomic mass is 19.1. The zero-order valence-corrected chi connectivity index (χ0v) is 13.9. The van der Waals surface area contributed by atoms with Crippen molar-refractivity contribution in [3.05, 3.63) is 59.0 Å².